The Balaban J connectivity index is 2.37. The van der Waals surface area contributed by atoms with Crippen LogP contribution in [0.5, 0.6) is 0 Å². The first kappa shape index (κ1) is 8.09. The predicted octanol–water partition coefficient (Wildman–Crippen LogP) is 0.123. The summed E-state index contributed by atoms with van der Waals surface area (Å²) in [5, 5.41) is 3.00. The van der Waals surface area contributed by atoms with E-state index in [0.29, 0.717) is 5.13 Å². The number of hydrogen-bond donors (Lipinski definition) is 1. The van der Waals surface area contributed by atoms with Crippen LogP contribution in [0.2, 0.25) is 0 Å². The molecule has 6 heteroatoms. The summed E-state index contributed by atoms with van der Waals surface area (Å²) in [5.41, 5.74) is 0. The molecule has 1 heterocycles. The Hall–Kier alpha value is -1.01. The molecule has 0 fully saturated rings. The van der Waals surface area contributed by atoms with Gasteiger partial charge in [-0.25, -0.2) is 4.98 Å². The number of hydrogen-bond acceptors (Lipinski definition) is 5. The van der Waals surface area contributed by atoms with Crippen molar-refractivity contribution in [2.75, 3.05) is 19.0 Å². The average Bonchev–Trinajstić information content (AvgIpc) is 2.40. The summed E-state index contributed by atoms with van der Waals surface area (Å²) in [4.78, 5) is 14.6. The van der Waals surface area contributed by atoms with Crippen molar-refractivity contribution in [3.8, 4) is 0 Å². The number of amides is 1. The molecule has 0 spiro atoms. The van der Waals surface area contributed by atoms with E-state index in [1.807, 2.05) is 0 Å². The van der Waals surface area contributed by atoms with Crippen LogP contribution in [0, 0.1) is 0 Å². The molecule has 0 unspecified atom stereocenters. The summed E-state index contributed by atoms with van der Waals surface area (Å²) in [6.07, 6.45) is 1.38. The molecule has 0 aliphatic heterocycles. The Bertz CT molecular complexity index is 224. The first-order valence-electron chi connectivity index (χ1n) is 2.88. The van der Waals surface area contributed by atoms with E-state index in [0.717, 1.165) is 11.5 Å². The van der Waals surface area contributed by atoms with Crippen LogP contribution in [0.4, 0.5) is 5.13 Å². The lowest BCUT2D eigenvalue weighted by Gasteiger charge is -1.97. The van der Waals surface area contributed by atoms with Crippen LogP contribution < -0.4 is 5.32 Å². The Morgan fingerprint density at radius 1 is 1.91 bits per heavy atom. The van der Waals surface area contributed by atoms with Crippen molar-refractivity contribution in [3.63, 3.8) is 0 Å². The zero-order valence-corrected chi connectivity index (χ0v) is 6.72. The number of methoxy groups -OCH3 is 1. The lowest BCUT2D eigenvalue weighted by Crippen LogP contribution is -2.16. The molecule has 1 aromatic rings. The zero-order chi connectivity index (χ0) is 8.10. The standard InChI is InChI=1S/C5H7N3O2S/c1-10-2-4(9)8-5-6-3-7-11-5/h3H,2H2,1H3,(H,6,7,8,9). The van der Waals surface area contributed by atoms with Gasteiger partial charge in [-0.05, 0) is 0 Å². The third kappa shape index (κ3) is 2.60. The lowest BCUT2D eigenvalue weighted by molar-refractivity contribution is -0.119. The minimum absolute atomic E-state index is 0.0412. The topological polar surface area (TPSA) is 64.1 Å². The fourth-order valence-electron chi connectivity index (χ4n) is 0.515. The van der Waals surface area contributed by atoms with Gasteiger partial charge in [0.25, 0.3) is 5.91 Å². The second-order valence-corrected chi connectivity index (χ2v) is 2.51. The Morgan fingerprint density at radius 2 is 2.73 bits per heavy atom. The Kier molecular flexibility index (Phi) is 2.94. The maximum Gasteiger partial charge on any atom is 0.252 e. The molecule has 0 radical (unpaired) electrons. The third-order valence-electron chi connectivity index (χ3n) is 0.883. The molecule has 0 saturated carbocycles. The number of ether oxygens (including phenoxy) is 1. The van der Waals surface area contributed by atoms with Crippen molar-refractivity contribution in [1.29, 1.82) is 0 Å². The summed E-state index contributed by atoms with van der Waals surface area (Å²) < 4.78 is 8.31. The number of aromatic nitrogens is 2. The summed E-state index contributed by atoms with van der Waals surface area (Å²) in [5.74, 6) is -0.218. The molecule has 0 aliphatic rings. The van der Waals surface area contributed by atoms with Crippen LogP contribution in [0.25, 0.3) is 0 Å². The van der Waals surface area contributed by atoms with Crippen LogP contribution in [0.15, 0.2) is 6.33 Å². The molecule has 0 aromatic carbocycles. The number of anilines is 1. The van der Waals surface area contributed by atoms with E-state index in [2.05, 4.69) is 19.4 Å². The van der Waals surface area contributed by atoms with Gasteiger partial charge in [0.2, 0.25) is 5.13 Å². The van der Waals surface area contributed by atoms with Crippen LogP contribution in [-0.2, 0) is 9.53 Å². The number of nitrogens with zero attached hydrogens (tertiary/aromatic N) is 2. The highest BCUT2D eigenvalue weighted by atomic mass is 32.1. The molecule has 1 aromatic heterocycles. The SMILES string of the molecule is COCC(=O)Nc1ncns1. The molecule has 0 saturated heterocycles. The Labute approximate surface area is 67.6 Å². The number of carbonyl (C=O) groups excluding carboxylic acids is 1. The number of nitrogens with one attached hydrogen (secondary N) is 1. The van der Waals surface area contributed by atoms with E-state index >= 15 is 0 Å². The number of carbonyl (C=O) groups is 1. The minimum atomic E-state index is -0.218. The third-order valence-corrected chi connectivity index (χ3v) is 1.46. The average molecular weight is 173 g/mol. The van der Waals surface area contributed by atoms with Crippen LogP contribution in [0.1, 0.15) is 0 Å². The van der Waals surface area contributed by atoms with E-state index < -0.39 is 0 Å². The van der Waals surface area contributed by atoms with Crippen LogP contribution in [0.3, 0.4) is 0 Å². The zero-order valence-electron chi connectivity index (χ0n) is 5.90. The van der Waals surface area contributed by atoms with E-state index in [-0.39, 0.29) is 12.5 Å². The molecule has 11 heavy (non-hydrogen) atoms. The molecule has 60 valence electrons. The molecule has 1 rings (SSSR count). The molecule has 0 bridgehead atoms. The summed E-state index contributed by atoms with van der Waals surface area (Å²) in [7, 11) is 1.46. The highest BCUT2D eigenvalue weighted by molar-refractivity contribution is 7.09. The number of rotatable bonds is 3. The Morgan fingerprint density at radius 3 is 3.27 bits per heavy atom. The second-order valence-electron chi connectivity index (χ2n) is 1.73. The largest absolute Gasteiger partial charge is 0.375 e. The smallest absolute Gasteiger partial charge is 0.252 e. The lowest BCUT2D eigenvalue weighted by atomic mass is 10.6. The molecule has 1 N–H and O–H groups in total. The summed E-state index contributed by atoms with van der Waals surface area (Å²) >= 11 is 1.13. The van der Waals surface area contributed by atoms with Crippen LogP contribution >= 0.6 is 11.5 Å². The van der Waals surface area contributed by atoms with Gasteiger partial charge in [-0.1, -0.05) is 0 Å². The van der Waals surface area contributed by atoms with E-state index in [4.69, 9.17) is 0 Å². The molecular weight excluding hydrogens is 166 g/mol. The normalized spacial score (nSPS) is 9.55. The van der Waals surface area contributed by atoms with Gasteiger partial charge in [-0.3, -0.25) is 10.1 Å². The summed E-state index contributed by atoms with van der Waals surface area (Å²) in [6.45, 7) is 0.0412. The van der Waals surface area contributed by atoms with Gasteiger partial charge in [0.05, 0.1) is 0 Å². The molecular formula is C5H7N3O2S. The highest BCUT2D eigenvalue weighted by Gasteiger charge is 2.02. The molecule has 0 aliphatic carbocycles. The molecule has 0 atom stereocenters. The second kappa shape index (κ2) is 3.99. The maximum absolute atomic E-state index is 10.8. The van der Waals surface area contributed by atoms with Gasteiger partial charge < -0.3 is 4.74 Å². The van der Waals surface area contributed by atoms with Crippen molar-refractivity contribution in [2.45, 2.75) is 0 Å². The maximum atomic E-state index is 10.8. The van der Waals surface area contributed by atoms with Gasteiger partial charge in [0, 0.05) is 18.6 Å². The predicted molar refractivity (Wildman–Crippen MR) is 40.4 cm³/mol. The fraction of sp³-hybridized carbons (Fsp3) is 0.400. The molecule has 5 nitrogen and oxygen atoms in total. The van der Waals surface area contributed by atoms with E-state index in [9.17, 15) is 4.79 Å². The van der Waals surface area contributed by atoms with Gasteiger partial charge in [0.15, 0.2) is 0 Å². The first-order chi connectivity index (χ1) is 5.33. The van der Waals surface area contributed by atoms with E-state index in [1.165, 1.54) is 13.4 Å². The van der Waals surface area contributed by atoms with Gasteiger partial charge >= 0.3 is 0 Å². The van der Waals surface area contributed by atoms with Crippen molar-refractivity contribution >= 4 is 22.6 Å². The van der Waals surface area contributed by atoms with Crippen molar-refractivity contribution in [2.24, 2.45) is 0 Å². The first-order valence-corrected chi connectivity index (χ1v) is 3.65. The quantitative estimate of drug-likeness (QED) is 0.705. The van der Waals surface area contributed by atoms with Gasteiger partial charge in [0.1, 0.15) is 12.9 Å². The van der Waals surface area contributed by atoms with Crippen molar-refractivity contribution < 1.29 is 9.53 Å². The highest BCUT2D eigenvalue weighted by Crippen LogP contribution is 2.05. The van der Waals surface area contributed by atoms with E-state index in [1.54, 1.807) is 0 Å². The minimum Gasteiger partial charge on any atom is -0.375 e. The van der Waals surface area contributed by atoms with Crippen LogP contribution in [-0.4, -0.2) is 29.0 Å². The monoisotopic (exact) mass is 173 g/mol. The molecule has 1 amide bonds. The summed E-state index contributed by atoms with van der Waals surface area (Å²) in [6, 6.07) is 0. The van der Waals surface area contributed by atoms with Gasteiger partial charge in [-0.2, -0.15) is 4.37 Å². The van der Waals surface area contributed by atoms with Gasteiger partial charge in [-0.15, -0.1) is 0 Å². The fourth-order valence-corrected chi connectivity index (χ4v) is 0.963. The van der Waals surface area contributed by atoms with Crippen molar-refractivity contribution in [3.05, 3.63) is 6.33 Å². The van der Waals surface area contributed by atoms with Crippen molar-refractivity contribution in [1.82, 2.24) is 9.36 Å².